The Hall–Kier alpha value is -6.71. The molecule has 4 aromatic carbocycles. The Labute approximate surface area is 387 Å². The Morgan fingerprint density at radius 2 is 1.59 bits per heavy atom. The van der Waals surface area contributed by atoms with Gasteiger partial charge in [-0.15, -0.1) is 0 Å². The van der Waals surface area contributed by atoms with Crippen molar-refractivity contribution >= 4 is 40.9 Å². The first-order chi connectivity index (χ1) is 31.7. The number of amides is 3. The largest absolute Gasteiger partial charge is 0.445 e. The number of carbonyl (C=O) groups excluding carboxylic acids is 3. The first kappa shape index (κ1) is 47.3. The van der Waals surface area contributed by atoms with Crippen molar-refractivity contribution in [2.45, 2.75) is 90.3 Å². The van der Waals surface area contributed by atoms with Crippen LogP contribution in [0.1, 0.15) is 75.3 Å². The van der Waals surface area contributed by atoms with Crippen LogP contribution in [0.15, 0.2) is 114 Å². The average molecular weight is 921 g/mol. The minimum Gasteiger partial charge on any atom is -0.445 e. The van der Waals surface area contributed by atoms with Crippen LogP contribution in [0.25, 0.3) is 28.0 Å². The van der Waals surface area contributed by atoms with Crippen LogP contribution in [-0.2, 0) is 38.6 Å². The van der Waals surface area contributed by atoms with E-state index in [1.165, 1.54) is 4.57 Å². The molecule has 66 heavy (non-hydrogen) atoms. The number of aromatic nitrogens is 3. The van der Waals surface area contributed by atoms with Crippen LogP contribution in [0.2, 0.25) is 5.02 Å². The Kier molecular flexibility index (Phi) is 15.4. The number of H-pyrrole nitrogens is 1. The third-order valence-corrected chi connectivity index (χ3v) is 11.3. The number of nitrogens with one attached hydrogen (secondary N) is 3. The number of aromatic amines is 1. The maximum atomic E-state index is 15.6. The van der Waals surface area contributed by atoms with Crippen molar-refractivity contribution in [3.63, 3.8) is 0 Å². The van der Waals surface area contributed by atoms with Crippen molar-refractivity contribution < 1.29 is 37.7 Å². The lowest BCUT2D eigenvalue weighted by molar-refractivity contribution is -0.0490. The smallest absolute Gasteiger partial charge is 0.411 e. The zero-order chi connectivity index (χ0) is 46.8. The molecule has 0 spiro atoms. The molecule has 14 nitrogen and oxygen atoms in total. The number of hydrogen-bond acceptors (Lipinski definition) is 9. The number of halogens is 2. The molecule has 3 amide bonds. The number of benzene rings is 4. The van der Waals surface area contributed by atoms with Crippen molar-refractivity contribution in [1.82, 2.24) is 30.1 Å². The molecular formula is C50H54ClFN6O8. The van der Waals surface area contributed by atoms with Crippen molar-refractivity contribution in [1.29, 1.82) is 0 Å². The van der Waals surface area contributed by atoms with Crippen molar-refractivity contribution in [3.8, 4) is 16.9 Å². The summed E-state index contributed by atoms with van der Waals surface area (Å²) < 4.78 is 39.6. The Morgan fingerprint density at radius 1 is 0.909 bits per heavy atom. The van der Waals surface area contributed by atoms with E-state index in [-0.39, 0.29) is 55.2 Å². The second kappa shape index (κ2) is 21.5. The molecule has 1 saturated heterocycles. The predicted octanol–water partition coefficient (Wildman–Crippen LogP) is 9.80. The summed E-state index contributed by atoms with van der Waals surface area (Å²) in [6, 6.07) is 29.9. The molecule has 2 aromatic heterocycles. The number of aryl methyl sites for hydroxylation is 1. The molecule has 346 valence electrons. The van der Waals surface area contributed by atoms with E-state index in [0.717, 1.165) is 22.3 Å². The van der Waals surface area contributed by atoms with E-state index in [0.29, 0.717) is 42.5 Å². The van der Waals surface area contributed by atoms with Crippen LogP contribution in [0.4, 0.5) is 18.8 Å². The lowest BCUT2D eigenvalue weighted by atomic mass is 10.0. The van der Waals surface area contributed by atoms with Gasteiger partial charge in [-0.25, -0.2) is 23.6 Å². The summed E-state index contributed by atoms with van der Waals surface area (Å²) in [7, 11) is 0. The topological polar surface area (TPSA) is 166 Å². The fourth-order valence-corrected chi connectivity index (χ4v) is 7.99. The van der Waals surface area contributed by atoms with Gasteiger partial charge in [-0.2, -0.15) is 4.98 Å². The molecule has 0 saturated carbocycles. The molecule has 3 atom stereocenters. The predicted molar refractivity (Wildman–Crippen MR) is 249 cm³/mol. The monoisotopic (exact) mass is 920 g/mol. The van der Waals surface area contributed by atoms with Gasteiger partial charge in [0.2, 0.25) is 0 Å². The second-order valence-electron chi connectivity index (χ2n) is 17.3. The van der Waals surface area contributed by atoms with Gasteiger partial charge in [-0.3, -0.25) is 9.47 Å². The molecule has 7 rings (SSSR count). The third kappa shape index (κ3) is 12.5. The van der Waals surface area contributed by atoms with Gasteiger partial charge in [0.05, 0.1) is 41.7 Å². The van der Waals surface area contributed by atoms with Gasteiger partial charge < -0.3 is 34.6 Å². The van der Waals surface area contributed by atoms with Gasteiger partial charge in [0, 0.05) is 29.7 Å². The summed E-state index contributed by atoms with van der Waals surface area (Å²) in [6.45, 7) is 8.16. The third-order valence-electron chi connectivity index (χ3n) is 11.0. The summed E-state index contributed by atoms with van der Waals surface area (Å²) in [5.74, 6) is -0.611. The molecule has 0 bridgehead atoms. The highest BCUT2D eigenvalue weighted by molar-refractivity contribution is 6.31. The van der Waals surface area contributed by atoms with Crippen molar-refractivity contribution in [3.05, 3.63) is 153 Å². The average Bonchev–Trinajstić information content (AvgIpc) is 3.71. The van der Waals surface area contributed by atoms with E-state index >= 15 is 4.39 Å². The minimum atomic E-state index is -0.661. The van der Waals surface area contributed by atoms with Gasteiger partial charge in [0.25, 0.3) is 0 Å². The summed E-state index contributed by atoms with van der Waals surface area (Å²) in [5, 5.41) is 6.14. The maximum Gasteiger partial charge on any atom is 0.411 e. The Balaban J connectivity index is 1.03. The van der Waals surface area contributed by atoms with E-state index < -0.39 is 47.5 Å². The van der Waals surface area contributed by atoms with Gasteiger partial charge in [0.15, 0.2) is 5.82 Å². The lowest BCUT2D eigenvalue weighted by Gasteiger charge is -2.41. The first-order valence-electron chi connectivity index (χ1n) is 21.9. The highest BCUT2D eigenvalue weighted by Gasteiger charge is 2.37. The molecule has 1 aliphatic heterocycles. The van der Waals surface area contributed by atoms with E-state index in [9.17, 15) is 19.2 Å². The number of morpholine rings is 1. The van der Waals surface area contributed by atoms with Crippen LogP contribution in [0.3, 0.4) is 0 Å². The lowest BCUT2D eigenvalue weighted by Crippen LogP contribution is -2.51. The molecular weight excluding hydrogens is 867 g/mol. The number of hydrogen-bond donors (Lipinski definition) is 3. The fraction of sp³-hybridized carbons (Fsp3) is 0.340. The number of rotatable bonds is 15. The molecule has 0 unspecified atom stereocenters. The van der Waals surface area contributed by atoms with E-state index in [1.807, 2.05) is 79.7 Å². The summed E-state index contributed by atoms with van der Waals surface area (Å²) >= 11 is 6.40. The van der Waals surface area contributed by atoms with Gasteiger partial charge in [0.1, 0.15) is 24.5 Å². The molecule has 1 aliphatic rings. The van der Waals surface area contributed by atoms with Crippen LogP contribution < -0.4 is 16.3 Å². The van der Waals surface area contributed by atoms with Gasteiger partial charge in [-0.1, -0.05) is 84.4 Å². The normalized spacial score (nSPS) is 15.5. The molecule has 1 fully saturated rings. The van der Waals surface area contributed by atoms with E-state index in [1.54, 1.807) is 62.2 Å². The zero-order valence-electron chi connectivity index (χ0n) is 37.4. The van der Waals surface area contributed by atoms with Crippen molar-refractivity contribution in [2.24, 2.45) is 0 Å². The molecule has 3 N–H and O–H groups in total. The SMILES string of the molecule is C[C@@H](CCCc1cc(Cl)c(F)c(-c2cc3cn(-c4ccc([C@@H]5COC[C@H](CCNC(=O)OC(C)(C)C)N5C(=O)OCc5ccccc5)cc4)c(=O)nc3[nH]2)c1)NC(=O)OCc1ccccc1. The Bertz CT molecular complexity index is 2670. The van der Waals surface area contributed by atoms with Crippen LogP contribution in [0.5, 0.6) is 0 Å². The molecule has 0 aliphatic carbocycles. The number of carbonyl (C=O) groups is 3. The van der Waals surface area contributed by atoms with Crippen molar-refractivity contribution in [2.75, 3.05) is 19.8 Å². The number of ether oxygens (including phenoxy) is 4. The second-order valence-corrected chi connectivity index (χ2v) is 17.7. The highest BCUT2D eigenvalue weighted by atomic mass is 35.5. The van der Waals surface area contributed by atoms with Crippen LogP contribution >= 0.6 is 11.6 Å². The number of fused-ring (bicyclic) bond motifs is 1. The summed E-state index contributed by atoms with van der Waals surface area (Å²) in [6.07, 6.45) is 2.33. The molecule has 3 heterocycles. The summed E-state index contributed by atoms with van der Waals surface area (Å²) in [4.78, 5) is 61.1. The van der Waals surface area contributed by atoms with E-state index in [4.69, 9.17) is 30.5 Å². The van der Waals surface area contributed by atoms with E-state index in [2.05, 4.69) is 20.6 Å². The summed E-state index contributed by atoms with van der Waals surface area (Å²) in [5.41, 5.74) is 3.47. The first-order valence-corrected chi connectivity index (χ1v) is 22.3. The fourth-order valence-electron chi connectivity index (χ4n) is 7.75. The molecule has 16 heteroatoms. The van der Waals surface area contributed by atoms with Crippen LogP contribution in [0, 0.1) is 5.82 Å². The number of nitrogens with zero attached hydrogens (tertiary/aromatic N) is 3. The molecule has 0 radical (unpaired) electrons. The van der Waals surface area contributed by atoms with Crippen LogP contribution in [-0.4, -0.2) is 75.2 Å². The number of alkyl carbamates (subject to hydrolysis) is 2. The quantitative estimate of drug-likeness (QED) is 0.0850. The standard InChI is InChI=1S/C50H54ClFN6O8/c1-32(54-48(61)64-28-33-13-7-5-8-14-33)12-11-17-35-24-40(44(52)41(51)25-35)42-26-37-27-57(46(59)56-45(37)55-42)38-20-18-36(19-21-38)43-31-63-30-39(22-23-53-47(60)66-50(2,3)4)58(43)49(62)65-29-34-15-9-6-10-16-34/h5-10,13-16,18-21,24-27,32,39,43H,11-12,17,22-23,28-31H2,1-4H3,(H,53,60)(H,54,61)(H,55,56,59)/t32-,39-,43-/m0/s1. The zero-order valence-corrected chi connectivity index (χ0v) is 38.1. The minimum absolute atomic E-state index is 0.0420. The molecule has 6 aromatic rings. The Morgan fingerprint density at radius 3 is 2.27 bits per heavy atom. The van der Waals surface area contributed by atoms with Gasteiger partial charge in [-0.05, 0) is 106 Å². The highest BCUT2D eigenvalue weighted by Crippen LogP contribution is 2.33. The maximum absolute atomic E-state index is 15.6. The van der Waals surface area contributed by atoms with Gasteiger partial charge >= 0.3 is 24.0 Å².